The van der Waals surface area contributed by atoms with Gasteiger partial charge < -0.3 is 19.6 Å². The number of hydrogen-bond acceptors (Lipinski definition) is 5. The third-order valence-electron chi connectivity index (χ3n) is 4.73. The summed E-state index contributed by atoms with van der Waals surface area (Å²) in [6.07, 6.45) is 1.32. The monoisotopic (exact) mass is 375 g/mol. The first-order chi connectivity index (χ1) is 12.8. The highest BCUT2D eigenvalue weighted by molar-refractivity contribution is 5.86. The highest BCUT2D eigenvalue weighted by atomic mass is 16.5. The lowest BCUT2D eigenvalue weighted by atomic mass is 9.99. The van der Waals surface area contributed by atoms with E-state index >= 15 is 0 Å². The number of benzene rings is 1. The molecule has 0 bridgehead atoms. The fourth-order valence-electron chi connectivity index (χ4n) is 2.90. The van der Waals surface area contributed by atoms with E-state index in [9.17, 15) is 19.5 Å². The van der Waals surface area contributed by atoms with Crippen LogP contribution in [0.5, 0.6) is 5.75 Å². The van der Waals surface area contributed by atoms with Crippen LogP contribution < -0.4 is 15.7 Å². The molecule has 1 aromatic carbocycles. The van der Waals surface area contributed by atoms with Crippen molar-refractivity contribution in [1.82, 2.24) is 5.32 Å². The van der Waals surface area contributed by atoms with Crippen LogP contribution in [0.15, 0.2) is 27.4 Å². The van der Waals surface area contributed by atoms with Gasteiger partial charge in [0.25, 0.3) is 5.91 Å². The average Bonchev–Trinajstić information content (AvgIpc) is 2.64. The van der Waals surface area contributed by atoms with Gasteiger partial charge in [-0.15, -0.1) is 0 Å². The minimum absolute atomic E-state index is 0.199. The van der Waals surface area contributed by atoms with Gasteiger partial charge in [0.15, 0.2) is 6.61 Å². The van der Waals surface area contributed by atoms with Gasteiger partial charge >= 0.3 is 11.6 Å². The van der Waals surface area contributed by atoms with Crippen LogP contribution in [0, 0.1) is 12.8 Å². The number of ether oxygens (including phenoxy) is 1. The van der Waals surface area contributed by atoms with Crippen molar-refractivity contribution >= 4 is 22.8 Å². The minimum Gasteiger partial charge on any atom is -0.483 e. The van der Waals surface area contributed by atoms with Gasteiger partial charge in [-0.1, -0.05) is 27.2 Å². The van der Waals surface area contributed by atoms with Crippen molar-refractivity contribution in [3.05, 3.63) is 39.7 Å². The van der Waals surface area contributed by atoms with E-state index in [-0.39, 0.29) is 12.5 Å². The molecule has 0 saturated carbocycles. The van der Waals surface area contributed by atoms with E-state index in [0.29, 0.717) is 29.7 Å². The average molecular weight is 375 g/mol. The number of rotatable bonds is 8. The number of hydrogen-bond donors (Lipinski definition) is 2. The molecular formula is C20H25NO6. The quantitative estimate of drug-likeness (QED) is 0.687. The van der Waals surface area contributed by atoms with Gasteiger partial charge in [-0.3, -0.25) is 4.79 Å². The third kappa shape index (κ3) is 4.67. The van der Waals surface area contributed by atoms with Crippen LogP contribution in [0.1, 0.15) is 38.3 Å². The Hall–Kier alpha value is -2.83. The van der Waals surface area contributed by atoms with Crippen molar-refractivity contribution in [2.24, 2.45) is 5.92 Å². The molecule has 0 aliphatic heterocycles. The molecule has 1 aromatic heterocycles. The molecule has 2 N–H and O–H groups in total. The van der Waals surface area contributed by atoms with E-state index in [1.54, 1.807) is 26.0 Å². The van der Waals surface area contributed by atoms with E-state index in [1.165, 1.54) is 6.07 Å². The molecule has 2 aromatic rings. The summed E-state index contributed by atoms with van der Waals surface area (Å²) in [5.41, 5.74) is 1.49. The number of carboxylic acid groups (broad SMARTS) is 1. The molecule has 0 unspecified atom stereocenters. The molecule has 7 nitrogen and oxygen atoms in total. The summed E-state index contributed by atoms with van der Waals surface area (Å²) in [7, 11) is 0. The van der Waals surface area contributed by atoms with Crippen LogP contribution >= 0.6 is 0 Å². The molecule has 1 heterocycles. The first-order valence-electron chi connectivity index (χ1n) is 8.99. The molecule has 146 valence electrons. The first-order valence-corrected chi connectivity index (χ1v) is 8.99. The SMILES string of the molecule is CCc1cc(=O)oc2c(C)c(OCC(=O)N[C@H](C(=O)O)[C@H](C)CC)ccc12. The number of carboxylic acids is 1. The van der Waals surface area contributed by atoms with E-state index in [1.807, 2.05) is 13.8 Å². The fourth-order valence-corrected chi connectivity index (χ4v) is 2.90. The lowest BCUT2D eigenvalue weighted by molar-refractivity contribution is -0.143. The van der Waals surface area contributed by atoms with Gasteiger partial charge in [-0.05, 0) is 37.0 Å². The Morgan fingerprint density at radius 2 is 2.00 bits per heavy atom. The summed E-state index contributed by atoms with van der Waals surface area (Å²) in [5, 5.41) is 12.6. The number of nitrogens with one attached hydrogen (secondary N) is 1. The summed E-state index contributed by atoms with van der Waals surface area (Å²) in [5.74, 6) is -1.39. The van der Waals surface area contributed by atoms with Crippen LogP contribution in [0.2, 0.25) is 0 Å². The molecule has 7 heteroatoms. The minimum atomic E-state index is -1.08. The van der Waals surface area contributed by atoms with Crippen molar-refractivity contribution < 1.29 is 23.8 Å². The number of carbonyl (C=O) groups is 2. The summed E-state index contributed by atoms with van der Waals surface area (Å²) in [4.78, 5) is 35.2. The van der Waals surface area contributed by atoms with Gasteiger partial charge in [-0.25, -0.2) is 9.59 Å². The zero-order chi connectivity index (χ0) is 20.1. The second kappa shape index (κ2) is 8.70. The highest BCUT2D eigenvalue weighted by Crippen LogP contribution is 2.28. The van der Waals surface area contributed by atoms with Crippen molar-refractivity contribution in [2.75, 3.05) is 6.61 Å². The van der Waals surface area contributed by atoms with Crippen LogP contribution in [0.25, 0.3) is 11.0 Å². The molecule has 2 rings (SSSR count). The molecule has 0 saturated heterocycles. The number of amides is 1. The number of aliphatic carboxylic acids is 1. The normalized spacial score (nSPS) is 13.2. The summed E-state index contributed by atoms with van der Waals surface area (Å²) < 4.78 is 10.9. The second-order valence-electron chi connectivity index (χ2n) is 6.57. The Kier molecular flexibility index (Phi) is 6.60. The van der Waals surface area contributed by atoms with Gasteiger partial charge in [0.05, 0.1) is 0 Å². The van der Waals surface area contributed by atoms with E-state index < -0.39 is 23.5 Å². The zero-order valence-electron chi connectivity index (χ0n) is 16.0. The highest BCUT2D eigenvalue weighted by Gasteiger charge is 2.25. The largest absolute Gasteiger partial charge is 0.483 e. The third-order valence-corrected chi connectivity index (χ3v) is 4.73. The fraction of sp³-hybridized carbons (Fsp3) is 0.450. The Bertz CT molecular complexity index is 901. The maximum atomic E-state index is 12.1. The van der Waals surface area contributed by atoms with E-state index in [0.717, 1.165) is 10.9 Å². The Morgan fingerprint density at radius 1 is 1.30 bits per heavy atom. The van der Waals surface area contributed by atoms with Gasteiger partial charge in [0.1, 0.15) is 17.4 Å². The molecule has 2 atom stereocenters. The van der Waals surface area contributed by atoms with Crippen LogP contribution in [-0.2, 0) is 16.0 Å². The van der Waals surface area contributed by atoms with Crippen molar-refractivity contribution in [3.8, 4) is 5.75 Å². The summed E-state index contributed by atoms with van der Waals surface area (Å²) in [6.45, 7) is 7.00. The molecule has 0 aliphatic rings. The number of carbonyl (C=O) groups excluding carboxylic acids is 1. The van der Waals surface area contributed by atoms with Crippen LogP contribution in [-0.4, -0.2) is 29.6 Å². The molecule has 0 spiro atoms. The Labute approximate surface area is 157 Å². The predicted molar refractivity (Wildman–Crippen MR) is 101 cm³/mol. The van der Waals surface area contributed by atoms with Gasteiger partial charge in [-0.2, -0.15) is 0 Å². The van der Waals surface area contributed by atoms with Crippen LogP contribution in [0.3, 0.4) is 0 Å². The smallest absolute Gasteiger partial charge is 0.336 e. The summed E-state index contributed by atoms with van der Waals surface area (Å²) >= 11 is 0. The van der Waals surface area contributed by atoms with E-state index in [2.05, 4.69) is 5.32 Å². The molecular weight excluding hydrogens is 350 g/mol. The maximum absolute atomic E-state index is 12.1. The molecule has 27 heavy (non-hydrogen) atoms. The number of fused-ring (bicyclic) bond motifs is 1. The van der Waals surface area contributed by atoms with Gasteiger partial charge in [0.2, 0.25) is 0 Å². The second-order valence-corrected chi connectivity index (χ2v) is 6.57. The van der Waals surface area contributed by atoms with Crippen molar-refractivity contribution in [3.63, 3.8) is 0 Å². The number of aryl methyl sites for hydroxylation is 2. The van der Waals surface area contributed by atoms with E-state index in [4.69, 9.17) is 9.15 Å². The lowest BCUT2D eigenvalue weighted by Crippen LogP contribution is -2.46. The maximum Gasteiger partial charge on any atom is 0.336 e. The standard InChI is InChI=1S/C20H25NO6/c1-5-11(3)18(20(24)25)21-16(22)10-26-15-8-7-14-13(6-2)9-17(23)27-19(14)12(15)4/h7-9,11,18H,5-6,10H2,1-4H3,(H,21,22)(H,24,25)/t11-,18+/m1/s1. The zero-order valence-corrected chi connectivity index (χ0v) is 16.0. The molecule has 0 radical (unpaired) electrons. The van der Waals surface area contributed by atoms with Crippen molar-refractivity contribution in [1.29, 1.82) is 0 Å². The molecule has 0 aliphatic carbocycles. The lowest BCUT2D eigenvalue weighted by Gasteiger charge is -2.20. The topological polar surface area (TPSA) is 106 Å². The Morgan fingerprint density at radius 3 is 2.59 bits per heavy atom. The van der Waals surface area contributed by atoms with Crippen LogP contribution in [0.4, 0.5) is 0 Å². The van der Waals surface area contributed by atoms with Crippen molar-refractivity contribution in [2.45, 2.75) is 46.6 Å². The van der Waals surface area contributed by atoms with Gasteiger partial charge in [0, 0.05) is 17.0 Å². The summed E-state index contributed by atoms with van der Waals surface area (Å²) in [6, 6.07) is 4.01. The first kappa shape index (κ1) is 20.5. The predicted octanol–water partition coefficient (Wildman–Crippen LogP) is 2.66. The molecule has 0 fully saturated rings. The molecule has 1 amide bonds. The Balaban J connectivity index is 2.17.